The maximum atomic E-state index is 11.0. The van der Waals surface area contributed by atoms with E-state index in [1.165, 1.54) is 6.07 Å². The molecule has 184 valence electrons. The van der Waals surface area contributed by atoms with Crippen LogP contribution >= 0.6 is 24.8 Å². The highest BCUT2D eigenvalue weighted by Gasteiger charge is 2.32. The van der Waals surface area contributed by atoms with Gasteiger partial charge in [-0.15, -0.1) is 24.8 Å². The van der Waals surface area contributed by atoms with Gasteiger partial charge >= 0.3 is 0 Å². The van der Waals surface area contributed by atoms with Gasteiger partial charge in [-0.25, -0.2) is 0 Å². The molecular weight excluding hydrogens is 465 g/mol. The number of hydrogen-bond acceptors (Lipinski definition) is 6. The molecule has 0 aliphatic carbocycles. The minimum Gasteiger partial charge on any atom is -0.491 e. The topological polar surface area (TPSA) is 79.1 Å². The Kier molecular flexibility index (Phi) is 11.4. The zero-order chi connectivity index (χ0) is 22.4. The zero-order valence-electron chi connectivity index (χ0n) is 19.5. The van der Waals surface area contributed by atoms with Crippen molar-refractivity contribution >= 4 is 36.2 Å². The lowest BCUT2D eigenvalue weighted by molar-refractivity contribution is -0.384. The molecule has 9 heteroatoms. The van der Waals surface area contributed by atoms with Crippen LogP contribution in [0.3, 0.4) is 0 Å². The fourth-order valence-corrected chi connectivity index (χ4v) is 3.96. The highest BCUT2D eigenvalue weighted by Crippen LogP contribution is 2.28. The van der Waals surface area contributed by atoms with Gasteiger partial charge in [-0.3, -0.25) is 15.0 Å². The summed E-state index contributed by atoms with van der Waals surface area (Å²) in [5, 5.41) is 22.0. The number of piperidine rings is 1. The number of benzene rings is 2. The number of halogens is 2. The summed E-state index contributed by atoms with van der Waals surface area (Å²) in [6.07, 6.45) is 2.27. The predicted octanol–water partition coefficient (Wildman–Crippen LogP) is 5.08. The summed E-state index contributed by atoms with van der Waals surface area (Å²) < 4.78 is 5.69. The Bertz CT molecular complexity index is 872. The summed E-state index contributed by atoms with van der Waals surface area (Å²) in [6, 6.07) is 14.8. The minimum atomic E-state index is -0.672. The van der Waals surface area contributed by atoms with Gasteiger partial charge in [-0.1, -0.05) is 12.1 Å². The molecule has 0 bridgehead atoms. The first-order chi connectivity index (χ1) is 14.7. The third-order valence-electron chi connectivity index (χ3n) is 5.88. The summed E-state index contributed by atoms with van der Waals surface area (Å²) in [7, 11) is 2.04. The third-order valence-corrected chi connectivity index (χ3v) is 5.88. The first kappa shape index (κ1) is 29.0. The van der Waals surface area contributed by atoms with Crippen molar-refractivity contribution in [2.24, 2.45) is 0 Å². The Hall–Kier alpha value is -2.06. The van der Waals surface area contributed by atoms with Gasteiger partial charge in [0.05, 0.1) is 16.6 Å². The standard InChI is InChI=1S/C24H33N3O4.2ClH/c1-19(2)31-23-9-7-21(8-10-23)25(3)14-11-24(28)12-15-26(16-13-24)18-20-5-4-6-22(17-20)27(29)30;;/h4-10,17,19,28H,11-16,18H2,1-3H3;2*1H. The zero-order valence-corrected chi connectivity index (χ0v) is 21.1. The number of anilines is 1. The molecule has 0 amide bonds. The predicted molar refractivity (Wildman–Crippen MR) is 137 cm³/mol. The Morgan fingerprint density at radius 3 is 2.36 bits per heavy atom. The number of hydrogen-bond donors (Lipinski definition) is 1. The molecule has 2 aromatic carbocycles. The van der Waals surface area contributed by atoms with Crippen LogP contribution in [0.4, 0.5) is 11.4 Å². The van der Waals surface area contributed by atoms with E-state index in [2.05, 4.69) is 9.80 Å². The number of nitrogens with zero attached hydrogens (tertiary/aromatic N) is 3. The van der Waals surface area contributed by atoms with Gasteiger partial charge in [0.25, 0.3) is 5.69 Å². The second kappa shape index (κ2) is 13.0. The fraction of sp³-hybridized carbons (Fsp3) is 0.500. The number of ether oxygens (including phenoxy) is 1. The summed E-state index contributed by atoms with van der Waals surface area (Å²) >= 11 is 0. The van der Waals surface area contributed by atoms with Gasteiger partial charge in [0.1, 0.15) is 5.75 Å². The van der Waals surface area contributed by atoms with E-state index in [1.807, 2.05) is 51.2 Å². The molecule has 1 heterocycles. The van der Waals surface area contributed by atoms with Crippen LogP contribution in [-0.4, -0.2) is 53.3 Å². The Labute approximate surface area is 208 Å². The van der Waals surface area contributed by atoms with Crippen LogP contribution in [-0.2, 0) is 6.54 Å². The summed E-state index contributed by atoms with van der Waals surface area (Å²) in [5.74, 6) is 0.863. The van der Waals surface area contributed by atoms with E-state index in [0.29, 0.717) is 25.8 Å². The van der Waals surface area contributed by atoms with Gasteiger partial charge in [0.2, 0.25) is 0 Å². The van der Waals surface area contributed by atoms with Gasteiger partial charge in [-0.05, 0) is 62.9 Å². The Morgan fingerprint density at radius 1 is 1.15 bits per heavy atom. The summed E-state index contributed by atoms with van der Waals surface area (Å²) in [6.45, 7) is 7.02. The number of aliphatic hydroxyl groups is 1. The molecule has 0 unspecified atom stereocenters. The number of nitro benzene ring substituents is 1. The van der Waals surface area contributed by atoms with Crippen LogP contribution in [0.2, 0.25) is 0 Å². The smallest absolute Gasteiger partial charge is 0.269 e. The van der Waals surface area contributed by atoms with Gasteiger partial charge in [0, 0.05) is 51.0 Å². The minimum absolute atomic E-state index is 0. The molecule has 2 aromatic rings. The first-order valence-electron chi connectivity index (χ1n) is 10.9. The lowest BCUT2D eigenvalue weighted by Gasteiger charge is -2.39. The molecule has 1 aliphatic heterocycles. The Morgan fingerprint density at radius 2 is 1.79 bits per heavy atom. The molecule has 1 fully saturated rings. The van der Waals surface area contributed by atoms with Crippen LogP contribution in [0, 0.1) is 10.1 Å². The average molecular weight is 500 g/mol. The van der Waals surface area contributed by atoms with E-state index in [-0.39, 0.29) is 41.5 Å². The largest absolute Gasteiger partial charge is 0.491 e. The van der Waals surface area contributed by atoms with E-state index >= 15 is 0 Å². The van der Waals surface area contributed by atoms with Crippen molar-refractivity contribution in [1.29, 1.82) is 0 Å². The lowest BCUT2D eigenvalue weighted by atomic mass is 9.88. The third kappa shape index (κ3) is 8.66. The van der Waals surface area contributed by atoms with Gasteiger partial charge < -0.3 is 14.7 Å². The summed E-state index contributed by atoms with van der Waals surface area (Å²) in [5.41, 5.74) is 1.48. The van der Waals surface area contributed by atoms with Gasteiger partial charge in [-0.2, -0.15) is 0 Å². The fourth-order valence-electron chi connectivity index (χ4n) is 3.96. The van der Waals surface area contributed by atoms with Gasteiger partial charge in [0.15, 0.2) is 0 Å². The lowest BCUT2D eigenvalue weighted by Crippen LogP contribution is -2.45. The van der Waals surface area contributed by atoms with Crippen molar-refractivity contribution in [2.75, 3.05) is 31.6 Å². The maximum Gasteiger partial charge on any atom is 0.269 e. The monoisotopic (exact) mass is 499 g/mol. The van der Waals surface area contributed by atoms with E-state index < -0.39 is 5.60 Å². The molecule has 1 aliphatic rings. The number of non-ortho nitro benzene ring substituents is 1. The molecule has 33 heavy (non-hydrogen) atoms. The van der Waals surface area contributed by atoms with Crippen LogP contribution in [0.25, 0.3) is 0 Å². The van der Waals surface area contributed by atoms with Crippen LogP contribution < -0.4 is 9.64 Å². The molecule has 0 aromatic heterocycles. The van der Waals surface area contributed by atoms with Crippen molar-refractivity contribution in [3.63, 3.8) is 0 Å². The van der Waals surface area contributed by atoms with Crippen LogP contribution in [0.15, 0.2) is 48.5 Å². The average Bonchev–Trinajstić information content (AvgIpc) is 2.74. The molecule has 0 atom stereocenters. The maximum absolute atomic E-state index is 11.0. The van der Waals surface area contributed by atoms with E-state index in [4.69, 9.17) is 4.74 Å². The second-order valence-corrected chi connectivity index (χ2v) is 8.76. The molecular formula is C24H35Cl2N3O4. The van der Waals surface area contributed by atoms with Crippen LogP contribution in [0.5, 0.6) is 5.75 Å². The molecule has 0 radical (unpaired) electrons. The van der Waals surface area contributed by atoms with Crippen molar-refractivity contribution in [1.82, 2.24) is 4.90 Å². The van der Waals surface area contributed by atoms with E-state index in [0.717, 1.165) is 36.6 Å². The highest BCUT2D eigenvalue weighted by molar-refractivity contribution is 5.85. The van der Waals surface area contributed by atoms with E-state index in [9.17, 15) is 15.2 Å². The van der Waals surface area contributed by atoms with Crippen molar-refractivity contribution < 1.29 is 14.8 Å². The first-order valence-corrected chi connectivity index (χ1v) is 10.9. The number of likely N-dealkylation sites (tertiary alicyclic amines) is 1. The highest BCUT2D eigenvalue weighted by atomic mass is 35.5. The molecule has 1 saturated heterocycles. The van der Waals surface area contributed by atoms with Crippen molar-refractivity contribution in [3.05, 3.63) is 64.2 Å². The quantitative estimate of drug-likeness (QED) is 0.382. The molecule has 3 rings (SSSR count). The summed E-state index contributed by atoms with van der Waals surface area (Å²) in [4.78, 5) is 15.0. The molecule has 1 N–H and O–H groups in total. The second-order valence-electron chi connectivity index (χ2n) is 8.76. The van der Waals surface area contributed by atoms with Crippen molar-refractivity contribution in [2.45, 2.75) is 51.4 Å². The van der Waals surface area contributed by atoms with E-state index in [1.54, 1.807) is 12.1 Å². The number of nitro groups is 1. The normalized spacial score (nSPS) is 15.3. The number of rotatable bonds is 9. The SMILES string of the molecule is CC(C)Oc1ccc(N(C)CCC2(O)CCN(Cc3cccc([N+](=O)[O-])c3)CC2)cc1.Cl.Cl. The Balaban J connectivity index is 0.00000272. The molecule has 7 nitrogen and oxygen atoms in total. The molecule has 0 spiro atoms. The van der Waals surface area contributed by atoms with Crippen molar-refractivity contribution in [3.8, 4) is 5.75 Å². The molecule has 0 saturated carbocycles. The van der Waals surface area contributed by atoms with Crippen LogP contribution in [0.1, 0.15) is 38.7 Å².